The van der Waals surface area contributed by atoms with Gasteiger partial charge in [0.1, 0.15) is 11.1 Å². The van der Waals surface area contributed by atoms with Gasteiger partial charge in [0.05, 0.1) is 7.11 Å². The van der Waals surface area contributed by atoms with Crippen molar-refractivity contribution in [2.75, 3.05) is 7.11 Å². The van der Waals surface area contributed by atoms with Crippen LogP contribution in [0.5, 0.6) is 0 Å². The number of esters is 1. The predicted molar refractivity (Wildman–Crippen MR) is 65.9 cm³/mol. The molecule has 1 heterocycles. The van der Waals surface area contributed by atoms with Crippen LogP contribution in [0.4, 0.5) is 0 Å². The van der Waals surface area contributed by atoms with Crippen molar-refractivity contribution in [1.29, 1.82) is 0 Å². The molecule has 7 nitrogen and oxygen atoms in total. The van der Waals surface area contributed by atoms with Crippen molar-refractivity contribution in [2.45, 2.75) is 30.2 Å². The van der Waals surface area contributed by atoms with E-state index in [-0.39, 0.29) is 23.5 Å². The maximum absolute atomic E-state index is 11.3. The molecule has 0 saturated carbocycles. The standard InChI is InChI=1S/C10H16N4O3S/c1-6(9(16)17-3)18-10-13-12-8(14(10)2)5-4-7(11)15/h6H,4-5H2,1-3H3,(H2,11,15)/t6-/m0/s1. The van der Waals surface area contributed by atoms with Gasteiger partial charge in [-0.3, -0.25) is 9.59 Å². The molecule has 0 unspecified atom stereocenters. The Morgan fingerprint density at radius 3 is 2.72 bits per heavy atom. The van der Waals surface area contributed by atoms with Crippen molar-refractivity contribution in [3.63, 3.8) is 0 Å². The Kier molecular flexibility index (Phi) is 5.14. The summed E-state index contributed by atoms with van der Waals surface area (Å²) in [4.78, 5) is 22.0. The zero-order valence-electron chi connectivity index (χ0n) is 10.5. The molecular formula is C10H16N4O3S. The third kappa shape index (κ3) is 3.73. The predicted octanol–water partition coefficient (Wildman–Crippen LogP) is -0.113. The minimum absolute atomic E-state index is 0.225. The van der Waals surface area contributed by atoms with Crippen LogP contribution in [0.25, 0.3) is 0 Å². The van der Waals surface area contributed by atoms with Gasteiger partial charge in [-0.15, -0.1) is 10.2 Å². The molecule has 0 fully saturated rings. The molecule has 0 radical (unpaired) electrons. The molecule has 0 saturated heterocycles. The fourth-order valence-electron chi connectivity index (χ4n) is 1.27. The van der Waals surface area contributed by atoms with Gasteiger partial charge in [-0.05, 0) is 6.92 Å². The second-order valence-corrected chi connectivity index (χ2v) is 5.02. The number of nitrogens with two attached hydrogens (primary N) is 1. The molecule has 1 aromatic heterocycles. The van der Waals surface area contributed by atoms with Gasteiger partial charge >= 0.3 is 5.97 Å². The van der Waals surface area contributed by atoms with E-state index in [0.29, 0.717) is 17.4 Å². The Hall–Kier alpha value is -1.57. The van der Waals surface area contributed by atoms with E-state index in [1.807, 2.05) is 0 Å². The lowest BCUT2D eigenvalue weighted by Crippen LogP contribution is -2.16. The average Bonchev–Trinajstić information content (AvgIpc) is 2.67. The van der Waals surface area contributed by atoms with E-state index >= 15 is 0 Å². The summed E-state index contributed by atoms with van der Waals surface area (Å²) in [5.41, 5.74) is 5.07. The Morgan fingerprint density at radius 1 is 1.50 bits per heavy atom. The first-order valence-corrected chi connectivity index (χ1v) is 6.24. The molecule has 0 bridgehead atoms. The molecule has 8 heteroatoms. The molecule has 1 rings (SSSR count). The number of ether oxygens (including phenoxy) is 1. The normalized spacial score (nSPS) is 12.2. The Labute approximate surface area is 109 Å². The number of carbonyl (C=O) groups is 2. The van der Waals surface area contributed by atoms with Crippen molar-refractivity contribution in [3.05, 3.63) is 5.82 Å². The molecule has 2 N–H and O–H groups in total. The Bertz CT molecular complexity index is 446. The number of methoxy groups -OCH3 is 1. The monoisotopic (exact) mass is 272 g/mol. The van der Waals surface area contributed by atoms with Crippen molar-refractivity contribution in [1.82, 2.24) is 14.8 Å². The van der Waals surface area contributed by atoms with Crippen molar-refractivity contribution < 1.29 is 14.3 Å². The van der Waals surface area contributed by atoms with Gasteiger partial charge in [0.25, 0.3) is 0 Å². The first kappa shape index (κ1) is 14.5. The zero-order chi connectivity index (χ0) is 13.7. The number of carbonyl (C=O) groups excluding carboxylic acids is 2. The number of aryl methyl sites for hydroxylation is 1. The fourth-order valence-corrected chi connectivity index (χ4v) is 2.13. The molecule has 18 heavy (non-hydrogen) atoms. The van der Waals surface area contributed by atoms with Gasteiger partial charge in [0, 0.05) is 19.9 Å². The molecular weight excluding hydrogens is 256 g/mol. The largest absolute Gasteiger partial charge is 0.468 e. The lowest BCUT2D eigenvalue weighted by atomic mass is 10.3. The number of primary amides is 1. The van der Waals surface area contributed by atoms with Crippen molar-refractivity contribution in [2.24, 2.45) is 12.8 Å². The van der Waals surface area contributed by atoms with Gasteiger partial charge in [-0.1, -0.05) is 11.8 Å². The summed E-state index contributed by atoms with van der Waals surface area (Å²) >= 11 is 1.26. The molecule has 100 valence electrons. The number of nitrogens with zero attached hydrogens (tertiary/aromatic N) is 3. The number of hydrogen-bond acceptors (Lipinski definition) is 6. The molecule has 1 aromatic rings. The summed E-state index contributed by atoms with van der Waals surface area (Å²) in [6, 6.07) is 0. The summed E-state index contributed by atoms with van der Waals surface area (Å²) in [7, 11) is 3.12. The molecule has 0 aliphatic heterocycles. The SMILES string of the molecule is COC(=O)[C@H](C)Sc1nnc(CCC(N)=O)n1C. The van der Waals surface area contributed by atoms with Gasteiger partial charge in [-0.25, -0.2) is 0 Å². The fraction of sp³-hybridized carbons (Fsp3) is 0.600. The van der Waals surface area contributed by atoms with Gasteiger partial charge in [-0.2, -0.15) is 0 Å². The lowest BCUT2D eigenvalue weighted by Gasteiger charge is -2.08. The van der Waals surface area contributed by atoms with Crippen LogP contribution in [0.2, 0.25) is 0 Å². The summed E-state index contributed by atoms with van der Waals surface area (Å²) in [6.45, 7) is 1.73. The number of rotatable bonds is 6. The third-order valence-electron chi connectivity index (χ3n) is 2.34. The minimum atomic E-state index is -0.380. The van der Waals surface area contributed by atoms with E-state index in [4.69, 9.17) is 5.73 Å². The number of thioether (sulfide) groups is 1. The van der Waals surface area contributed by atoms with Gasteiger partial charge in [0.15, 0.2) is 5.16 Å². The van der Waals surface area contributed by atoms with Crippen molar-refractivity contribution in [3.8, 4) is 0 Å². The van der Waals surface area contributed by atoms with E-state index in [1.54, 1.807) is 18.5 Å². The molecule has 1 amide bonds. The Morgan fingerprint density at radius 2 is 2.17 bits per heavy atom. The highest BCUT2D eigenvalue weighted by Crippen LogP contribution is 2.22. The summed E-state index contributed by atoms with van der Waals surface area (Å²) in [6.07, 6.45) is 0.662. The first-order valence-electron chi connectivity index (χ1n) is 5.36. The van der Waals surface area contributed by atoms with Crippen LogP contribution in [0.1, 0.15) is 19.2 Å². The van der Waals surface area contributed by atoms with E-state index in [9.17, 15) is 9.59 Å². The zero-order valence-corrected chi connectivity index (χ0v) is 11.4. The van der Waals surface area contributed by atoms with Gasteiger partial charge < -0.3 is 15.0 Å². The number of aromatic nitrogens is 3. The van der Waals surface area contributed by atoms with Crippen molar-refractivity contribution >= 4 is 23.6 Å². The highest BCUT2D eigenvalue weighted by atomic mass is 32.2. The summed E-state index contributed by atoms with van der Waals surface area (Å²) < 4.78 is 6.37. The quantitative estimate of drug-likeness (QED) is 0.572. The van der Waals surface area contributed by atoms with Crippen LogP contribution < -0.4 is 5.73 Å². The van der Waals surface area contributed by atoms with E-state index in [2.05, 4.69) is 14.9 Å². The van der Waals surface area contributed by atoms with Crippen LogP contribution in [0, 0.1) is 0 Å². The minimum Gasteiger partial charge on any atom is -0.468 e. The first-order chi connectivity index (χ1) is 8.45. The topological polar surface area (TPSA) is 100 Å². The van der Waals surface area contributed by atoms with E-state index < -0.39 is 0 Å². The second kappa shape index (κ2) is 6.39. The van der Waals surface area contributed by atoms with E-state index in [0.717, 1.165) is 0 Å². The lowest BCUT2D eigenvalue weighted by molar-refractivity contribution is -0.139. The third-order valence-corrected chi connectivity index (χ3v) is 3.45. The van der Waals surface area contributed by atoms with Crippen LogP contribution in [-0.4, -0.2) is 39.0 Å². The smallest absolute Gasteiger partial charge is 0.318 e. The van der Waals surface area contributed by atoms with E-state index in [1.165, 1.54) is 18.9 Å². The van der Waals surface area contributed by atoms with Crippen LogP contribution in [0.3, 0.4) is 0 Å². The van der Waals surface area contributed by atoms with Crippen LogP contribution >= 0.6 is 11.8 Å². The highest BCUT2D eigenvalue weighted by Gasteiger charge is 2.19. The maximum Gasteiger partial charge on any atom is 0.318 e. The number of hydrogen-bond donors (Lipinski definition) is 1. The molecule has 0 aromatic carbocycles. The van der Waals surface area contributed by atoms with Crippen LogP contribution in [-0.2, 0) is 27.8 Å². The molecule has 0 spiro atoms. The molecule has 0 aliphatic carbocycles. The maximum atomic E-state index is 11.3. The molecule has 0 aliphatic rings. The number of amides is 1. The van der Waals surface area contributed by atoms with Crippen LogP contribution in [0.15, 0.2) is 5.16 Å². The van der Waals surface area contributed by atoms with Gasteiger partial charge in [0.2, 0.25) is 5.91 Å². The Balaban J connectivity index is 2.68. The highest BCUT2D eigenvalue weighted by molar-refractivity contribution is 8.00. The molecule has 1 atom stereocenters. The average molecular weight is 272 g/mol. The summed E-state index contributed by atoms with van der Waals surface area (Å²) in [5.74, 6) is -0.0369. The summed E-state index contributed by atoms with van der Waals surface area (Å²) in [5, 5.41) is 8.17. The second-order valence-electron chi connectivity index (χ2n) is 3.71.